The third kappa shape index (κ3) is 3.21. The molecule has 3 heterocycles. The summed E-state index contributed by atoms with van der Waals surface area (Å²) >= 11 is 0. The average molecular weight is 306 g/mol. The minimum Gasteiger partial charge on any atom is -0.378 e. The first-order valence-electron chi connectivity index (χ1n) is 7.64. The number of nitrogens with zero attached hydrogens (tertiary/aromatic N) is 2. The Hall–Kier alpha value is -1.70. The van der Waals surface area contributed by atoms with E-state index >= 15 is 0 Å². The highest BCUT2D eigenvalue weighted by molar-refractivity contribution is 5.94. The Morgan fingerprint density at radius 2 is 2.09 bits per heavy atom. The monoisotopic (exact) mass is 306 g/mol. The van der Waals surface area contributed by atoms with Crippen LogP contribution < -0.4 is 10.9 Å². The number of ether oxygens (including phenoxy) is 1. The number of H-pyrrole nitrogens is 1. The molecule has 1 amide bonds. The molecule has 2 aliphatic heterocycles. The lowest BCUT2D eigenvalue weighted by Crippen LogP contribution is -2.56. The molecule has 0 radical (unpaired) electrons. The summed E-state index contributed by atoms with van der Waals surface area (Å²) in [5, 5.41) is 2.96. The molecule has 1 aromatic rings. The molecule has 2 fully saturated rings. The number of aromatic amines is 1. The first-order chi connectivity index (χ1) is 10.6. The zero-order chi connectivity index (χ0) is 15.5. The van der Waals surface area contributed by atoms with Gasteiger partial charge in [0, 0.05) is 32.4 Å². The molecule has 22 heavy (non-hydrogen) atoms. The molecule has 7 nitrogen and oxygen atoms in total. The van der Waals surface area contributed by atoms with Gasteiger partial charge in [-0.15, -0.1) is 0 Å². The van der Waals surface area contributed by atoms with Crippen LogP contribution >= 0.6 is 0 Å². The quantitative estimate of drug-likeness (QED) is 0.758. The van der Waals surface area contributed by atoms with Crippen molar-refractivity contribution < 1.29 is 9.53 Å². The Morgan fingerprint density at radius 3 is 2.82 bits per heavy atom. The fraction of sp³-hybridized carbons (Fsp3) is 0.600. The second kappa shape index (κ2) is 6.60. The molecule has 2 aliphatic rings. The topological polar surface area (TPSA) is 77.7 Å². The van der Waals surface area contributed by atoms with E-state index in [4.69, 9.17) is 4.74 Å². The molecule has 2 N–H and O–H groups in total. The minimum atomic E-state index is -0.366. The molecule has 0 aliphatic carbocycles. The molecule has 1 aromatic heterocycles. The highest BCUT2D eigenvalue weighted by Crippen LogP contribution is 2.15. The minimum absolute atomic E-state index is 0.0736. The van der Waals surface area contributed by atoms with Crippen molar-refractivity contribution in [2.75, 3.05) is 46.4 Å². The number of aromatic nitrogens is 1. The van der Waals surface area contributed by atoms with Crippen molar-refractivity contribution in [1.29, 1.82) is 0 Å². The molecule has 0 bridgehead atoms. The number of likely N-dealkylation sites (N-methyl/N-ethyl adjacent to an activating group) is 1. The first kappa shape index (κ1) is 15.2. The highest BCUT2D eigenvalue weighted by Gasteiger charge is 2.35. The third-order valence-corrected chi connectivity index (χ3v) is 4.44. The molecule has 120 valence electrons. The van der Waals surface area contributed by atoms with Crippen LogP contribution in [0.4, 0.5) is 0 Å². The summed E-state index contributed by atoms with van der Waals surface area (Å²) in [7, 11) is 2.11. The number of rotatable bonds is 3. The van der Waals surface area contributed by atoms with Gasteiger partial charge in [-0.2, -0.15) is 0 Å². The van der Waals surface area contributed by atoms with Gasteiger partial charge in [-0.3, -0.25) is 14.5 Å². The maximum absolute atomic E-state index is 12.3. The van der Waals surface area contributed by atoms with Crippen LogP contribution in [0.5, 0.6) is 0 Å². The van der Waals surface area contributed by atoms with Crippen molar-refractivity contribution in [3.63, 3.8) is 0 Å². The molecule has 0 spiro atoms. The normalized spacial score (nSPS) is 27.0. The number of carbonyl (C=O) groups is 1. The third-order valence-electron chi connectivity index (χ3n) is 4.44. The van der Waals surface area contributed by atoms with E-state index in [1.807, 2.05) is 0 Å². The maximum atomic E-state index is 12.3. The van der Waals surface area contributed by atoms with Gasteiger partial charge < -0.3 is 19.9 Å². The lowest BCUT2D eigenvalue weighted by Gasteiger charge is -2.38. The molecular weight excluding hydrogens is 284 g/mol. The van der Waals surface area contributed by atoms with Crippen LogP contribution in [0.2, 0.25) is 0 Å². The average Bonchev–Trinajstić information content (AvgIpc) is 2.96. The van der Waals surface area contributed by atoms with E-state index in [1.165, 1.54) is 12.3 Å². The number of amides is 1. The SMILES string of the molecule is CN1CCN([C@H]2COC[C@@H]2NC(=O)c2ccc[nH]c2=O)CC1. The Bertz CT molecular complexity index is 580. The molecule has 2 saturated heterocycles. The van der Waals surface area contributed by atoms with Crippen molar-refractivity contribution in [1.82, 2.24) is 20.1 Å². The van der Waals surface area contributed by atoms with E-state index in [-0.39, 0.29) is 29.1 Å². The maximum Gasteiger partial charge on any atom is 0.260 e. The van der Waals surface area contributed by atoms with Crippen LogP contribution in [-0.2, 0) is 4.74 Å². The molecule has 7 heteroatoms. The van der Waals surface area contributed by atoms with Gasteiger partial charge in [0.25, 0.3) is 11.5 Å². The second-order valence-corrected chi connectivity index (χ2v) is 5.94. The van der Waals surface area contributed by atoms with Gasteiger partial charge in [0.15, 0.2) is 0 Å². The smallest absolute Gasteiger partial charge is 0.260 e. The Labute approximate surface area is 129 Å². The Morgan fingerprint density at radius 1 is 1.32 bits per heavy atom. The fourth-order valence-electron chi connectivity index (χ4n) is 3.04. The highest BCUT2D eigenvalue weighted by atomic mass is 16.5. The van der Waals surface area contributed by atoms with E-state index in [1.54, 1.807) is 6.07 Å². The van der Waals surface area contributed by atoms with Gasteiger partial charge in [0.2, 0.25) is 0 Å². The van der Waals surface area contributed by atoms with Crippen molar-refractivity contribution in [2.24, 2.45) is 0 Å². The van der Waals surface area contributed by atoms with E-state index < -0.39 is 0 Å². The van der Waals surface area contributed by atoms with E-state index in [2.05, 4.69) is 27.1 Å². The van der Waals surface area contributed by atoms with Crippen LogP contribution in [0.15, 0.2) is 23.1 Å². The standard InChI is InChI=1S/C15H22N4O3/c1-18-5-7-19(8-6-18)13-10-22-9-12(13)17-15(21)11-3-2-4-16-14(11)20/h2-4,12-13H,5-10H2,1H3,(H,16,20)(H,17,21)/t12-,13-/m0/s1. The van der Waals surface area contributed by atoms with Gasteiger partial charge in [-0.25, -0.2) is 0 Å². The number of hydrogen-bond acceptors (Lipinski definition) is 5. The van der Waals surface area contributed by atoms with Crippen LogP contribution in [0, 0.1) is 0 Å². The lowest BCUT2D eigenvalue weighted by molar-refractivity contribution is 0.0828. The largest absolute Gasteiger partial charge is 0.378 e. The zero-order valence-corrected chi connectivity index (χ0v) is 12.7. The van der Waals surface area contributed by atoms with Gasteiger partial charge in [-0.05, 0) is 19.2 Å². The summed E-state index contributed by atoms with van der Waals surface area (Å²) in [6.07, 6.45) is 1.52. The lowest BCUT2D eigenvalue weighted by atomic mass is 10.1. The Balaban J connectivity index is 1.65. The molecule has 0 unspecified atom stereocenters. The number of nitrogens with one attached hydrogen (secondary N) is 2. The van der Waals surface area contributed by atoms with Crippen LogP contribution in [0.25, 0.3) is 0 Å². The summed E-state index contributed by atoms with van der Waals surface area (Å²) in [4.78, 5) is 31.2. The van der Waals surface area contributed by atoms with E-state index in [0.29, 0.717) is 13.2 Å². The number of hydrogen-bond donors (Lipinski definition) is 2. The molecule has 2 atom stereocenters. The summed E-state index contributed by atoms with van der Waals surface area (Å²) in [5.74, 6) is -0.337. The summed E-state index contributed by atoms with van der Waals surface area (Å²) in [5.41, 5.74) is -0.221. The predicted molar refractivity (Wildman–Crippen MR) is 82.0 cm³/mol. The number of pyridine rings is 1. The summed E-state index contributed by atoms with van der Waals surface area (Å²) in [6.45, 7) is 5.12. The van der Waals surface area contributed by atoms with E-state index in [9.17, 15) is 9.59 Å². The van der Waals surface area contributed by atoms with Gasteiger partial charge >= 0.3 is 0 Å². The van der Waals surface area contributed by atoms with Crippen molar-refractivity contribution in [3.05, 3.63) is 34.2 Å². The summed E-state index contributed by atoms with van der Waals surface area (Å²) < 4.78 is 5.56. The molecule has 0 saturated carbocycles. The van der Waals surface area contributed by atoms with Crippen molar-refractivity contribution in [3.8, 4) is 0 Å². The van der Waals surface area contributed by atoms with Crippen LogP contribution in [0.1, 0.15) is 10.4 Å². The van der Waals surface area contributed by atoms with Gasteiger partial charge in [-0.1, -0.05) is 0 Å². The van der Waals surface area contributed by atoms with Crippen molar-refractivity contribution >= 4 is 5.91 Å². The predicted octanol–water partition coefficient (Wildman–Crippen LogP) is -0.880. The van der Waals surface area contributed by atoms with Crippen LogP contribution in [-0.4, -0.2) is 79.2 Å². The first-order valence-corrected chi connectivity index (χ1v) is 7.64. The molecule has 0 aromatic carbocycles. The number of piperazine rings is 1. The zero-order valence-electron chi connectivity index (χ0n) is 12.7. The second-order valence-electron chi connectivity index (χ2n) is 5.94. The number of carbonyl (C=O) groups excluding carboxylic acids is 1. The van der Waals surface area contributed by atoms with Gasteiger partial charge in [0.05, 0.1) is 25.3 Å². The molecular formula is C15H22N4O3. The van der Waals surface area contributed by atoms with E-state index in [0.717, 1.165) is 26.2 Å². The van der Waals surface area contributed by atoms with Crippen LogP contribution in [0.3, 0.4) is 0 Å². The Kier molecular flexibility index (Phi) is 4.56. The fourth-order valence-corrected chi connectivity index (χ4v) is 3.04. The van der Waals surface area contributed by atoms with Crippen molar-refractivity contribution in [2.45, 2.75) is 12.1 Å². The molecule has 3 rings (SSSR count). The van der Waals surface area contributed by atoms with Gasteiger partial charge in [0.1, 0.15) is 5.56 Å². The summed E-state index contributed by atoms with van der Waals surface area (Å²) in [6, 6.07) is 3.30.